The maximum absolute atomic E-state index is 12.3. The van der Waals surface area contributed by atoms with E-state index in [9.17, 15) is 4.79 Å². The van der Waals surface area contributed by atoms with Crippen LogP contribution in [0.2, 0.25) is 0 Å². The van der Waals surface area contributed by atoms with Crippen LogP contribution in [0.5, 0.6) is 5.75 Å². The number of carbonyl (C=O) groups excluding carboxylic acids is 1. The van der Waals surface area contributed by atoms with E-state index in [4.69, 9.17) is 9.47 Å². The van der Waals surface area contributed by atoms with Gasteiger partial charge in [-0.3, -0.25) is 9.88 Å². The summed E-state index contributed by atoms with van der Waals surface area (Å²) < 4.78 is 11.9. The Hall–Kier alpha value is -1.09. The summed E-state index contributed by atoms with van der Waals surface area (Å²) in [6, 6.07) is 2.07. The number of aryl methyl sites for hydroxylation is 1. The largest absolute Gasteiger partial charge is 0.489 e. The van der Waals surface area contributed by atoms with E-state index in [2.05, 4.69) is 38.5 Å². The zero-order valence-corrected chi connectivity index (χ0v) is 19.4. The van der Waals surface area contributed by atoms with Gasteiger partial charge in [0.05, 0.1) is 9.74 Å². The Bertz CT molecular complexity index is 638. The summed E-state index contributed by atoms with van der Waals surface area (Å²) >= 11 is 2.38. The lowest BCUT2D eigenvalue weighted by atomic mass is 9.92. The molecule has 0 bridgehead atoms. The van der Waals surface area contributed by atoms with Gasteiger partial charge in [0.2, 0.25) is 0 Å². The maximum Gasteiger partial charge on any atom is 0.410 e. The summed E-state index contributed by atoms with van der Waals surface area (Å²) in [5, 5.41) is 0. The fourth-order valence-electron chi connectivity index (χ4n) is 2.94. The van der Waals surface area contributed by atoms with Gasteiger partial charge >= 0.3 is 6.09 Å². The number of likely N-dealkylation sites (N-methyl/N-ethyl adjacent to an activating group) is 1. The maximum atomic E-state index is 12.3. The highest BCUT2D eigenvalue weighted by Gasteiger charge is 2.29. The van der Waals surface area contributed by atoms with Crippen molar-refractivity contribution in [3.05, 3.63) is 23.5 Å². The fourth-order valence-corrected chi connectivity index (χ4v) is 3.12. The molecule has 27 heavy (non-hydrogen) atoms. The van der Waals surface area contributed by atoms with Gasteiger partial charge in [0.1, 0.15) is 18.0 Å². The Labute approximate surface area is 176 Å². The first-order valence-corrected chi connectivity index (χ1v) is 10.7. The van der Waals surface area contributed by atoms with Crippen LogP contribution < -0.4 is 4.74 Å². The zero-order valence-electron chi connectivity index (χ0n) is 17.3. The van der Waals surface area contributed by atoms with Crippen molar-refractivity contribution in [1.82, 2.24) is 14.8 Å². The average molecular weight is 489 g/mol. The lowest BCUT2D eigenvalue weighted by Crippen LogP contribution is -2.41. The number of hydrogen-bond acceptors (Lipinski definition) is 5. The van der Waals surface area contributed by atoms with Crippen molar-refractivity contribution in [3.8, 4) is 5.75 Å². The molecule has 0 aromatic carbocycles. The van der Waals surface area contributed by atoms with Crippen LogP contribution in [-0.4, -0.2) is 64.3 Å². The van der Waals surface area contributed by atoms with Gasteiger partial charge in [-0.25, -0.2) is 4.79 Å². The summed E-state index contributed by atoms with van der Waals surface area (Å²) in [5.41, 5.74) is 1.64. The highest BCUT2D eigenvalue weighted by molar-refractivity contribution is 14.1. The van der Waals surface area contributed by atoms with Crippen molar-refractivity contribution in [3.63, 3.8) is 0 Å². The van der Waals surface area contributed by atoms with E-state index in [-0.39, 0.29) is 6.09 Å². The van der Waals surface area contributed by atoms with Gasteiger partial charge in [-0.05, 0) is 66.3 Å². The second-order valence-electron chi connectivity index (χ2n) is 8.35. The lowest BCUT2D eigenvalue weighted by molar-refractivity contribution is 0.0203. The first-order valence-electron chi connectivity index (χ1n) is 9.44. The van der Waals surface area contributed by atoms with Gasteiger partial charge in [-0.1, -0.05) is 22.6 Å². The van der Waals surface area contributed by atoms with Crippen LogP contribution >= 0.6 is 22.6 Å². The SMILES string of the molecule is Cc1cnc(C2CCN(C(=O)OC(C)(C)C)CC2)c(OC[C@@H](I)N(C)C)c1. The second kappa shape index (κ2) is 9.41. The molecule has 1 saturated heterocycles. The van der Waals surface area contributed by atoms with Gasteiger partial charge in [0.25, 0.3) is 0 Å². The van der Waals surface area contributed by atoms with E-state index in [0.717, 1.165) is 29.8 Å². The highest BCUT2D eigenvalue weighted by Crippen LogP contribution is 2.34. The number of nitrogens with zero attached hydrogens (tertiary/aromatic N) is 3. The number of aromatic nitrogens is 1. The second-order valence-corrected chi connectivity index (χ2v) is 9.78. The number of amides is 1. The number of piperidine rings is 1. The minimum Gasteiger partial charge on any atom is -0.489 e. The van der Waals surface area contributed by atoms with Crippen molar-refractivity contribution in [1.29, 1.82) is 0 Å². The quantitative estimate of drug-likeness (QED) is 0.353. The molecular formula is C20H32IN3O3. The molecule has 1 aliphatic heterocycles. The molecule has 0 N–H and O–H groups in total. The molecule has 2 heterocycles. The highest BCUT2D eigenvalue weighted by atomic mass is 127. The number of likely N-dealkylation sites (tertiary alicyclic amines) is 1. The van der Waals surface area contributed by atoms with Crippen LogP contribution in [-0.2, 0) is 4.74 Å². The first kappa shape index (κ1) is 22.2. The summed E-state index contributed by atoms with van der Waals surface area (Å²) in [4.78, 5) is 20.9. The van der Waals surface area contributed by atoms with Gasteiger partial charge in [-0.2, -0.15) is 0 Å². The van der Waals surface area contributed by atoms with Crippen molar-refractivity contribution < 1.29 is 14.3 Å². The number of rotatable bonds is 5. The van der Waals surface area contributed by atoms with Crippen molar-refractivity contribution >= 4 is 28.7 Å². The number of pyridine rings is 1. The molecule has 0 aliphatic carbocycles. The molecule has 152 valence electrons. The van der Waals surface area contributed by atoms with E-state index in [1.54, 1.807) is 4.90 Å². The summed E-state index contributed by atoms with van der Waals surface area (Å²) in [5.74, 6) is 1.17. The molecule has 7 heteroatoms. The molecule has 6 nitrogen and oxygen atoms in total. The number of ether oxygens (including phenoxy) is 2. The average Bonchev–Trinajstić information content (AvgIpc) is 2.58. The molecule has 0 saturated carbocycles. The van der Waals surface area contributed by atoms with Crippen LogP contribution in [0.4, 0.5) is 4.79 Å². The molecule has 1 atom stereocenters. The van der Waals surface area contributed by atoms with Crippen molar-refractivity contribution in [2.45, 2.75) is 56.1 Å². The van der Waals surface area contributed by atoms with Gasteiger partial charge in [0, 0.05) is 25.2 Å². The molecule has 0 unspecified atom stereocenters. The van der Waals surface area contributed by atoms with E-state index in [1.165, 1.54) is 0 Å². The number of halogens is 1. The third kappa shape index (κ3) is 6.78. The Balaban J connectivity index is 2.02. The smallest absolute Gasteiger partial charge is 0.410 e. The van der Waals surface area contributed by atoms with E-state index >= 15 is 0 Å². The normalized spacial score (nSPS) is 17.1. The number of alkyl halides is 1. The van der Waals surface area contributed by atoms with Gasteiger partial charge in [-0.15, -0.1) is 0 Å². The van der Waals surface area contributed by atoms with Gasteiger partial charge < -0.3 is 14.4 Å². The minimum absolute atomic E-state index is 0.229. The van der Waals surface area contributed by atoms with Crippen LogP contribution in [0.3, 0.4) is 0 Å². The monoisotopic (exact) mass is 489 g/mol. The molecule has 0 spiro atoms. The Morgan fingerprint density at radius 3 is 2.56 bits per heavy atom. The number of hydrogen-bond donors (Lipinski definition) is 0. The van der Waals surface area contributed by atoms with Crippen LogP contribution in [0.15, 0.2) is 12.3 Å². The Morgan fingerprint density at radius 1 is 1.37 bits per heavy atom. The molecule has 0 radical (unpaired) electrons. The predicted molar refractivity (Wildman–Crippen MR) is 116 cm³/mol. The van der Waals surface area contributed by atoms with Crippen LogP contribution in [0.1, 0.15) is 50.8 Å². The summed E-state index contributed by atoms with van der Waals surface area (Å²) in [6.07, 6.45) is 3.41. The van der Waals surface area contributed by atoms with E-state index in [0.29, 0.717) is 29.7 Å². The third-order valence-corrected chi connectivity index (χ3v) is 5.96. The van der Waals surface area contributed by atoms with Crippen molar-refractivity contribution in [2.75, 3.05) is 33.8 Å². The molecule has 1 aromatic rings. The molecule has 2 rings (SSSR count). The Kier molecular flexibility index (Phi) is 7.73. The molecule has 1 aliphatic rings. The first-order chi connectivity index (χ1) is 12.6. The molecule has 1 amide bonds. The standard InChI is InChI=1S/C20H32IN3O3/c1-14-11-16(26-13-17(21)23(5)6)18(22-12-14)15-7-9-24(10-8-15)19(25)27-20(2,3)4/h11-12,15,17H,7-10,13H2,1-6H3/t17-/m0/s1. The molecule has 1 aromatic heterocycles. The summed E-state index contributed by atoms with van der Waals surface area (Å²) in [7, 11) is 4.09. The molecular weight excluding hydrogens is 457 g/mol. The van der Waals surface area contributed by atoms with Crippen LogP contribution in [0.25, 0.3) is 0 Å². The topological polar surface area (TPSA) is 54.9 Å². The third-order valence-electron chi connectivity index (χ3n) is 4.49. The fraction of sp³-hybridized carbons (Fsp3) is 0.700. The lowest BCUT2D eigenvalue weighted by Gasteiger charge is -2.33. The van der Waals surface area contributed by atoms with E-state index < -0.39 is 5.60 Å². The van der Waals surface area contributed by atoms with Crippen LogP contribution in [0, 0.1) is 6.92 Å². The van der Waals surface area contributed by atoms with Gasteiger partial charge in [0.15, 0.2) is 0 Å². The molecule has 1 fully saturated rings. The summed E-state index contributed by atoms with van der Waals surface area (Å²) in [6.45, 7) is 9.69. The van der Waals surface area contributed by atoms with E-state index in [1.807, 2.05) is 48.0 Å². The zero-order chi connectivity index (χ0) is 20.2. The Morgan fingerprint density at radius 2 is 2.00 bits per heavy atom. The predicted octanol–water partition coefficient (Wildman–Crippen LogP) is 4.21. The minimum atomic E-state index is -0.462. The van der Waals surface area contributed by atoms with Crippen molar-refractivity contribution in [2.24, 2.45) is 0 Å². The number of carbonyl (C=O) groups is 1.